The lowest BCUT2D eigenvalue weighted by atomic mass is 9.72. The summed E-state index contributed by atoms with van der Waals surface area (Å²) in [6, 6.07) is 15.9. The molecule has 0 aliphatic heterocycles. The third kappa shape index (κ3) is 3.82. The molecule has 0 spiro atoms. The number of rotatable bonds is 5. The molecule has 3 rings (SSSR count). The van der Waals surface area contributed by atoms with Crippen molar-refractivity contribution in [1.82, 2.24) is 0 Å². The van der Waals surface area contributed by atoms with Crippen molar-refractivity contribution in [3.63, 3.8) is 0 Å². The Labute approximate surface area is 161 Å². The molecule has 2 aromatic rings. The second kappa shape index (κ2) is 8.26. The Kier molecular flexibility index (Phi) is 5.80. The molecule has 0 saturated heterocycles. The molecule has 0 heterocycles. The molecule has 2 aromatic carbocycles. The minimum absolute atomic E-state index is 0.106. The molecule has 2 atom stereocenters. The van der Waals surface area contributed by atoms with Crippen molar-refractivity contribution in [3.8, 4) is 11.5 Å². The Bertz CT molecular complexity index is 892. The molecule has 3 heteroatoms. The molecular formula is C24H26O3. The van der Waals surface area contributed by atoms with Gasteiger partial charge in [0.2, 0.25) is 0 Å². The first-order chi connectivity index (χ1) is 13.1. The Morgan fingerprint density at radius 2 is 1.56 bits per heavy atom. The van der Waals surface area contributed by atoms with E-state index in [0.717, 1.165) is 33.8 Å². The second-order valence-corrected chi connectivity index (χ2v) is 6.92. The Balaban J connectivity index is 1.98. The lowest BCUT2D eigenvalue weighted by Crippen LogP contribution is -2.24. The number of hydrogen-bond acceptors (Lipinski definition) is 3. The molecule has 0 fully saturated rings. The van der Waals surface area contributed by atoms with E-state index in [0.29, 0.717) is 6.42 Å². The SMILES string of the molecule is COc1ccccc1/C=C/C1=C(C)C(=O)C[C@@H](c2ccccc2OC)[C@H]1C. The van der Waals surface area contributed by atoms with Crippen LogP contribution in [0.15, 0.2) is 65.8 Å². The van der Waals surface area contributed by atoms with Crippen LogP contribution in [0.5, 0.6) is 11.5 Å². The van der Waals surface area contributed by atoms with Gasteiger partial charge in [0.1, 0.15) is 11.5 Å². The number of para-hydroxylation sites is 2. The van der Waals surface area contributed by atoms with Crippen molar-refractivity contribution in [2.45, 2.75) is 26.2 Å². The minimum atomic E-state index is 0.106. The number of ether oxygens (including phenoxy) is 2. The molecule has 0 bridgehead atoms. The van der Waals surface area contributed by atoms with Crippen LogP contribution in [0.4, 0.5) is 0 Å². The van der Waals surface area contributed by atoms with Crippen LogP contribution in [-0.2, 0) is 4.79 Å². The van der Waals surface area contributed by atoms with Gasteiger partial charge in [0.15, 0.2) is 5.78 Å². The van der Waals surface area contributed by atoms with Gasteiger partial charge in [0.25, 0.3) is 0 Å². The van der Waals surface area contributed by atoms with Crippen molar-refractivity contribution >= 4 is 11.9 Å². The van der Waals surface area contributed by atoms with Crippen molar-refractivity contribution in [2.75, 3.05) is 14.2 Å². The van der Waals surface area contributed by atoms with E-state index in [-0.39, 0.29) is 17.6 Å². The fourth-order valence-corrected chi connectivity index (χ4v) is 3.86. The number of carbonyl (C=O) groups is 1. The molecule has 0 aromatic heterocycles. The first kappa shape index (κ1) is 19.0. The summed E-state index contributed by atoms with van der Waals surface area (Å²) in [6.07, 6.45) is 4.61. The highest BCUT2D eigenvalue weighted by molar-refractivity contribution is 5.98. The van der Waals surface area contributed by atoms with E-state index in [2.05, 4.69) is 19.1 Å². The van der Waals surface area contributed by atoms with Gasteiger partial charge in [-0.1, -0.05) is 55.5 Å². The number of Topliss-reactive ketones (excluding diaryl/α,β-unsaturated/α-hetero) is 1. The summed E-state index contributed by atoms with van der Waals surface area (Å²) in [6.45, 7) is 4.12. The van der Waals surface area contributed by atoms with Gasteiger partial charge in [-0.2, -0.15) is 0 Å². The predicted molar refractivity (Wildman–Crippen MR) is 109 cm³/mol. The molecule has 0 saturated carbocycles. The Hall–Kier alpha value is -2.81. The molecule has 0 radical (unpaired) electrons. The highest BCUT2D eigenvalue weighted by Gasteiger charge is 2.33. The average molecular weight is 362 g/mol. The third-order valence-electron chi connectivity index (χ3n) is 5.47. The number of carbonyl (C=O) groups excluding carboxylic acids is 1. The van der Waals surface area contributed by atoms with E-state index in [9.17, 15) is 4.79 Å². The van der Waals surface area contributed by atoms with Gasteiger partial charge in [0.05, 0.1) is 14.2 Å². The van der Waals surface area contributed by atoms with Gasteiger partial charge in [-0.05, 0) is 41.7 Å². The van der Waals surface area contributed by atoms with E-state index < -0.39 is 0 Å². The van der Waals surface area contributed by atoms with Crippen LogP contribution in [-0.4, -0.2) is 20.0 Å². The van der Waals surface area contributed by atoms with Gasteiger partial charge in [-0.3, -0.25) is 4.79 Å². The standard InChI is InChI=1S/C24H26O3/c1-16-19(14-13-18-9-5-7-11-23(18)26-3)17(2)22(25)15-21(16)20-10-6-8-12-24(20)27-4/h5-14,16,21H,15H2,1-4H3/b14-13+/t16-,21+/m0/s1. The monoisotopic (exact) mass is 362 g/mol. The van der Waals surface area contributed by atoms with E-state index in [1.807, 2.05) is 55.5 Å². The van der Waals surface area contributed by atoms with E-state index in [1.54, 1.807) is 14.2 Å². The first-order valence-electron chi connectivity index (χ1n) is 9.24. The third-order valence-corrected chi connectivity index (χ3v) is 5.47. The fourth-order valence-electron chi connectivity index (χ4n) is 3.86. The van der Waals surface area contributed by atoms with Crippen molar-refractivity contribution in [3.05, 3.63) is 76.9 Å². The average Bonchev–Trinajstić information content (AvgIpc) is 2.71. The largest absolute Gasteiger partial charge is 0.496 e. The number of benzene rings is 2. The van der Waals surface area contributed by atoms with Crippen LogP contribution in [0.1, 0.15) is 37.3 Å². The highest BCUT2D eigenvalue weighted by atomic mass is 16.5. The van der Waals surface area contributed by atoms with Crippen LogP contribution >= 0.6 is 0 Å². The maximum atomic E-state index is 12.7. The number of ketones is 1. The molecule has 0 unspecified atom stereocenters. The summed E-state index contributed by atoms with van der Waals surface area (Å²) in [5.74, 6) is 2.18. The molecule has 0 amide bonds. The summed E-state index contributed by atoms with van der Waals surface area (Å²) in [7, 11) is 3.35. The van der Waals surface area contributed by atoms with Crippen molar-refractivity contribution < 1.29 is 14.3 Å². The fraction of sp³-hybridized carbons (Fsp3) is 0.292. The Morgan fingerprint density at radius 3 is 2.26 bits per heavy atom. The zero-order valence-corrected chi connectivity index (χ0v) is 16.4. The lowest BCUT2D eigenvalue weighted by molar-refractivity contribution is -0.116. The molecule has 3 nitrogen and oxygen atoms in total. The van der Waals surface area contributed by atoms with Crippen LogP contribution in [0.25, 0.3) is 6.08 Å². The highest BCUT2D eigenvalue weighted by Crippen LogP contribution is 2.43. The minimum Gasteiger partial charge on any atom is -0.496 e. The first-order valence-corrected chi connectivity index (χ1v) is 9.24. The van der Waals surface area contributed by atoms with Gasteiger partial charge >= 0.3 is 0 Å². The molecule has 1 aliphatic rings. The van der Waals surface area contributed by atoms with Crippen molar-refractivity contribution in [1.29, 1.82) is 0 Å². The van der Waals surface area contributed by atoms with Crippen LogP contribution in [0, 0.1) is 5.92 Å². The van der Waals surface area contributed by atoms with E-state index in [4.69, 9.17) is 9.47 Å². The molecule has 27 heavy (non-hydrogen) atoms. The number of methoxy groups -OCH3 is 2. The molecular weight excluding hydrogens is 336 g/mol. The van der Waals surface area contributed by atoms with E-state index >= 15 is 0 Å². The topological polar surface area (TPSA) is 35.5 Å². The van der Waals surface area contributed by atoms with Gasteiger partial charge in [-0.15, -0.1) is 0 Å². The summed E-state index contributed by atoms with van der Waals surface area (Å²) >= 11 is 0. The molecule has 1 aliphatic carbocycles. The quantitative estimate of drug-likeness (QED) is 0.712. The van der Waals surface area contributed by atoms with Gasteiger partial charge < -0.3 is 9.47 Å². The second-order valence-electron chi connectivity index (χ2n) is 6.92. The molecule has 0 N–H and O–H groups in total. The summed E-state index contributed by atoms with van der Waals surface area (Å²) < 4.78 is 11.0. The summed E-state index contributed by atoms with van der Waals surface area (Å²) in [5.41, 5.74) is 4.02. The number of allylic oxidation sites excluding steroid dienone is 3. The van der Waals surface area contributed by atoms with Gasteiger partial charge in [-0.25, -0.2) is 0 Å². The maximum absolute atomic E-state index is 12.7. The zero-order valence-electron chi connectivity index (χ0n) is 16.4. The summed E-state index contributed by atoms with van der Waals surface area (Å²) in [5, 5.41) is 0. The van der Waals surface area contributed by atoms with Gasteiger partial charge in [0, 0.05) is 17.9 Å². The Morgan fingerprint density at radius 1 is 0.926 bits per heavy atom. The zero-order chi connectivity index (χ0) is 19.4. The van der Waals surface area contributed by atoms with Crippen LogP contribution in [0.2, 0.25) is 0 Å². The van der Waals surface area contributed by atoms with Crippen LogP contribution in [0.3, 0.4) is 0 Å². The maximum Gasteiger partial charge on any atom is 0.159 e. The normalized spacial score (nSPS) is 20.2. The summed E-state index contributed by atoms with van der Waals surface area (Å²) in [4.78, 5) is 12.7. The van der Waals surface area contributed by atoms with E-state index in [1.165, 1.54) is 0 Å². The smallest absolute Gasteiger partial charge is 0.159 e. The number of hydrogen-bond donors (Lipinski definition) is 0. The van der Waals surface area contributed by atoms with Crippen LogP contribution < -0.4 is 9.47 Å². The molecule has 140 valence electrons. The lowest BCUT2D eigenvalue weighted by Gasteiger charge is -2.31. The van der Waals surface area contributed by atoms with Crippen molar-refractivity contribution in [2.24, 2.45) is 5.92 Å². The predicted octanol–water partition coefficient (Wildman–Crippen LogP) is 5.43.